The van der Waals surface area contributed by atoms with Gasteiger partial charge in [0.2, 0.25) is 5.91 Å². The third kappa shape index (κ3) is 5.78. The van der Waals surface area contributed by atoms with Crippen molar-refractivity contribution in [3.8, 4) is 0 Å². The van der Waals surface area contributed by atoms with Gasteiger partial charge in [-0.05, 0) is 64.4 Å². The topological polar surface area (TPSA) is 39.7 Å². The number of amides is 1. The first-order valence-corrected chi connectivity index (χ1v) is 10.3. The van der Waals surface area contributed by atoms with Crippen LogP contribution in [0, 0.1) is 0 Å². The molecule has 1 unspecified atom stereocenters. The van der Waals surface area contributed by atoms with Crippen molar-refractivity contribution in [3.05, 3.63) is 30.1 Å². The first-order chi connectivity index (χ1) is 12.7. The van der Waals surface area contributed by atoms with Crippen molar-refractivity contribution in [3.63, 3.8) is 0 Å². The fourth-order valence-corrected chi connectivity index (χ4v) is 4.28. The summed E-state index contributed by atoms with van der Waals surface area (Å²) in [6, 6.07) is 6.34. The molecule has 0 spiro atoms. The summed E-state index contributed by atoms with van der Waals surface area (Å²) in [6.07, 6.45) is 10.7. The minimum absolute atomic E-state index is 0.281. The number of hydrogen-bond donors (Lipinski definition) is 0. The summed E-state index contributed by atoms with van der Waals surface area (Å²) < 4.78 is 0. The molecule has 0 bridgehead atoms. The molecule has 2 fully saturated rings. The maximum absolute atomic E-state index is 13.0. The van der Waals surface area contributed by atoms with Crippen molar-refractivity contribution < 1.29 is 4.79 Å². The predicted octanol–water partition coefficient (Wildman–Crippen LogP) is 2.77. The molecule has 0 aliphatic carbocycles. The van der Waals surface area contributed by atoms with Crippen molar-refractivity contribution in [1.29, 1.82) is 0 Å². The standard InChI is InChI=1S/C21H34N4O/c1-23(16-19-10-4-6-12-22-19)18-21(26)25-15-9-5-11-20(25)17-24-13-7-2-3-8-14-24/h4,6,10,12,20H,2-3,5,7-9,11,13-18H2,1H3. The van der Waals surface area contributed by atoms with Crippen LogP contribution in [0.2, 0.25) is 0 Å². The van der Waals surface area contributed by atoms with Crippen LogP contribution in [0.3, 0.4) is 0 Å². The van der Waals surface area contributed by atoms with Gasteiger partial charge in [-0.15, -0.1) is 0 Å². The van der Waals surface area contributed by atoms with Crippen LogP contribution in [-0.2, 0) is 11.3 Å². The highest BCUT2D eigenvalue weighted by Gasteiger charge is 2.28. The molecule has 5 heteroatoms. The van der Waals surface area contributed by atoms with Crippen molar-refractivity contribution in [2.75, 3.05) is 39.8 Å². The van der Waals surface area contributed by atoms with E-state index in [1.807, 2.05) is 31.4 Å². The van der Waals surface area contributed by atoms with Gasteiger partial charge >= 0.3 is 0 Å². The lowest BCUT2D eigenvalue weighted by Crippen LogP contribution is -2.52. The number of piperidine rings is 1. The second-order valence-corrected chi connectivity index (χ2v) is 7.94. The molecule has 1 aromatic rings. The fourth-order valence-electron chi connectivity index (χ4n) is 4.28. The molecule has 1 amide bonds. The Balaban J connectivity index is 1.53. The van der Waals surface area contributed by atoms with E-state index < -0.39 is 0 Å². The van der Waals surface area contributed by atoms with Gasteiger partial charge in [-0.25, -0.2) is 0 Å². The molecule has 5 nitrogen and oxygen atoms in total. The first-order valence-electron chi connectivity index (χ1n) is 10.3. The highest BCUT2D eigenvalue weighted by Crippen LogP contribution is 2.20. The van der Waals surface area contributed by atoms with Crippen LogP contribution in [0.15, 0.2) is 24.4 Å². The van der Waals surface area contributed by atoms with Gasteiger partial charge in [-0.3, -0.25) is 14.7 Å². The average molecular weight is 359 g/mol. The van der Waals surface area contributed by atoms with Crippen LogP contribution in [0.25, 0.3) is 0 Å². The Morgan fingerprint density at radius 1 is 1.12 bits per heavy atom. The molecule has 1 atom stereocenters. The summed E-state index contributed by atoms with van der Waals surface area (Å²) in [5.41, 5.74) is 1.02. The number of carbonyl (C=O) groups excluding carboxylic acids is 1. The maximum Gasteiger partial charge on any atom is 0.237 e. The van der Waals surface area contributed by atoms with Crippen molar-refractivity contribution in [2.24, 2.45) is 0 Å². The lowest BCUT2D eigenvalue weighted by molar-refractivity contribution is -0.136. The van der Waals surface area contributed by atoms with Gasteiger partial charge in [-0.2, -0.15) is 0 Å². The number of hydrogen-bond acceptors (Lipinski definition) is 4. The number of likely N-dealkylation sites (tertiary alicyclic amines) is 2. The second kappa shape index (κ2) is 10.0. The lowest BCUT2D eigenvalue weighted by atomic mass is 10.0. The molecule has 144 valence electrons. The first kappa shape index (κ1) is 19.3. The summed E-state index contributed by atoms with van der Waals surface area (Å²) in [5.74, 6) is 0.281. The van der Waals surface area contributed by atoms with E-state index in [4.69, 9.17) is 0 Å². The smallest absolute Gasteiger partial charge is 0.237 e. The van der Waals surface area contributed by atoms with Crippen LogP contribution in [0.1, 0.15) is 50.6 Å². The monoisotopic (exact) mass is 358 g/mol. The van der Waals surface area contributed by atoms with E-state index >= 15 is 0 Å². The quantitative estimate of drug-likeness (QED) is 0.784. The van der Waals surface area contributed by atoms with Crippen molar-refractivity contribution >= 4 is 5.91 Å². The largest absolute Gasteiger partial charge is 0.337 e. The Labute approximate surface area is 158 Å². The highest BCUT2D eigenvalue weighted by atomic mass is 16.2. The molecule has 26 heavy (non-hydrogen) atoms. The van der Waals surface area contributed by atoms with E-state index in [2.05, 4.69) is 19.7 Å². The number of rotatable bonds is 6. The van der Waals surface area contributed by atoms with Gasteiger partial charge in [0.15, 0.2) is 0 Å². The fraction of sp³-hybridized carbons (Fsp3) is 0.714. The Morgan fingerprint density at radius 3 is 2.62 bits per heavy atom. The molecule has 2 saturated heterocycles. The Morgan fingerprint density at radius 2 is 1.88 bits per heavy atom. The molecule has 1 aromatic heterocycles. The number of carbonyl (C=O) groups is 1. The third-order valence-corrected chi connectivity index (χ3v) is 5.68. The number of pyridine rings is 1. The van der Waals surface area contributed by atoms with Gasteiger partial charge in [0.1, 0.15) is 0 Å². The molecular formula is C21H34N4O. The number of likely N-dealkylation sites (N-methyl/N-ethyl adjacent to an activating group) is 1. The van der Waals surface area contributed by atoms with Crippen LogP contribution < -0.4 is 0 Å². The zero-order chi connectivity index (χ0) is 18.2. The summed E-state index contributed by atoms with van der Waals surface area (Å²) in [7, 11) is 2.01. The van der Waals surface area contributed by atoms with E-state index in [1.165, 1.54) is 45.2 Å². The van der Waals surface area contributed by atoms with Crippen molar-refractivity contribution in [1.82, 2.24) is 19.7 Å². The van der Waals surface area contributed by atoms with Crippen molar-refractivity contribution in [2.45, 2.75) is 57.5 Å². The molecule has 0 saturated carbocycles. The zero-order valence-corrected chi connectivity index (χ0v) is 16.3. The lowest BCUT2D eigenvalue weighted by Gasteiger charge is -2.39. The summed E-state index contributed by atoms with van der Waals surface area (Å²) in [5, 5.41) is 0. The minimum atomic E-state index is 0.281. The molecular weight excluding hydrogens is 324 g/mol. The van der Waals surface area contributed by atoms with E-state index in [9.17, 15) is 4.79 Å². The SMILES string of the molecule is CN(CC(=O)N1CCCCC1CN1CCCCCC1)Cc1ccccn1. The summed E-state index contributed by atoms with van der Waals surface area (Å²) in [4.78, 5) is 24.2. The highest BCUT2D eigenvalue weighted by molar-refractivity contribution is 5.78. The van der Waals surface area contributed by atoms with Crippen LogP contribution in [0.4, 0.5) is 0 Å². The zero-order valence-electron chi connectivity index (χ0n) is 16.3. The Kier molecular flexibility index (Phi) is 7.44. The second-order valence-electron chi connectivity index (χ2n) is 7.94. The van der Waals surface area contributed by atoms with E-state index in [0.717, 1.165) is 38.2 Å². The number of aromatic nitrogens is 1. The van der Waals surface area contributed by atoms with Gasteiger partial charge in [0.05, 0.1) is 12.2 Å². The Hall–Kier alpha value is -1.46. The Bertz CT molecular complexity index is 542. The molecule has 3 rings (SSSR count). The normalized spacial score (nSPS) is 22.4. The molecule has 0 N–H and O–H groups in total. The van der Waals surface area contributed by atoms with E-state index in [1.54, 1.807) is 0 Å². The van der Waals surface area contributed by atoms with Crippen LogP contribution in [-0.4, -0.2) is 71.4 Å². The van der Waals surface area contributed by atoms with Gasteiger partial charge < -0.3 is 9.80 Å². The summed E-state index contributed by atoms with van der Waals surface area (Å²) in [6.45, 7) is 5.60. The van der Waals surface area contributed by atoms with Gasteiger partial charge in [-0.1, -0.05) is 18.9 Å². The van der Waals surface area contributed by atoms with Crippen LogP contribution in [0.5, 0.6) is 0 Å². The van der Waals surface area contributed by atoms with Crippen LogP contribution >= 0.6 is 0 Å². The van der Waals surface area contributed by atoms with Gasteiger partial charge in [0.25, 0.3) is 0 Å². The third-order valence-electron chi connectivity index (χ3n) is 5.68. The number of nitrogens with zero attached hydrogens (tertiary/aromatic N) is 4. The predicted molar refractivity (Wildman–Crippen MR) is 105 cm³/mol. The molecule has 0 aromatic carbocycles. The average Bonchev–Trinajstić information content (AvgIpc) is 2.91. The minimum Gasteiger partial charge on any atom is -0.337 e. The molecule has 3 heterocycles. The maximum atomic E-state index is 13.0. The van der Waals surface area contributed by atoms with E-state index in [0.29, 0.717) is 12.6 Å². The summed E-state index contributed by atoms with van der Waals surface area (Å²) >= 11 is 0. The molecule has 2 aliphatic heterocycles. The van der Waals surface area contributed by atoms with Gasteiger partial charge in [0, 0.05) is 31.9 Å². The van der Waals surface area contributed by atoms with E-state index in [-0.39, 0.29) is 5.91 Å². The molecule has 2 aliphatic rings. The molecule has 0 radical (unpaired) electrons.